The Morgan fingerprint density at radius 1 is 1.37 bits per heavy atom. The van der Waals surface area contributed by atoms with Crippen LogP contribution in [0.25, 0.3) is 0 Å². The van der Waals surface area contributed by atoms with Crippen molar-refractivity contribution >= 4 is 21.8 Å². The maximum absolute atomic E-state index is 11.3. The number of anilines is 2. The van der Waals surface area contributed by atoms with Gasteiger partial charge in [-0.3, -0.25) is 0 Å². The molecule has 0 saturated carbocycles. The Morgan fingerprint density at radius 2 is 2.00 bits per heavy atom. The van der Waals surface area contributed by atoms with E-state index in [4.69, 9.17) is 0 Å². The first-order valence-electron chi connectivity index (χ1n) is 5.87. The molecular formula is C11H21N5O2S. The number of hydrogen-bond acceptors (Lipinski definition) is 6. The predicted molar refractivity (Wildman–Crippen MR) is 76.9 cm³/mol. The summed E-state index contributed by atoms with van der Waals surface area (Å²) >= 11 is 0. The second-order valence-electron chi connectivity index (χ2n) is 5.09. The van der Waals surface area contributed by atoms with Gasteiger partial charge in [-0.1, -0.05) is 0 Å². The molecule has 0 fully saturated rings. The minimum atomic E-state index is -3.24. The molecule has 0 bridgehead atoms. The van der Waals surface area contributed by atoms with Crippen LogP contribution < -0.4 is 15.4 Å². The minimum Gasteiger partial charge on any atom is -0.368 e. The number of aromatic nitrogens is 2. The first kappa shape index (κ1) is 15.6. The van der Waals surface area contributed by atoms with Gasteiger partial charge in [0.2, 0.25) is 16.0 Å². The van der Waals surface area contributed by atoms with Crippen LogP contribution >= 0.6 is 0 Å². The molecular weight excluding hydrogens is 266 g/mol. The van der Waals surface area contributed by atoms with E-state index in [9.17, 15) is 8.42 Å². The van der Waals surface area contributed by atoms with Gasteiger partial charge in [0.15, 0.2) is 0 Å². The molecule has 0 unspecified atom stereocenters. The smallest absolute Gasteiger partial charge is 0.224 e. The van der Waals surface area contributed by atoms with Crippen molar-refractivity contribution in [2.45, 2.75) is 26.3 Å². The molecule has 19 heavy (non-hydrogen) atoms. The second-order valence-corrected chi connectivity index (χ2v) is 6.84. The fourth-order valence-corrected chi connectivity index (χ4v) is 2.66. The summed E-state index contributed by atoms with van der Waals surface area (Å²) in [5, 5.41) is 5.99. The summed E-state index contributed by atoms with van der Waals surface area (Å²) < 4.78 is 25.1. The molecule has 0 aliphatic rings. The highest BCUT2D eigenvalue weighted by atomic mass is 32.2. The van der Waals surface area contributed by atoms with Crippen LogP contribution in [0.2, 0.25) is 0 Å². The number of aryl methyl sites for hydroxylation is 1. The van der Waals surface area contributed by atoms with Crippen molar-refractivity contribution in [3.8, 4) is 0 Å². The normalized spacial score (nSPS) is 12.3. The van der Waals surface area contributed by atoms with E-state index in [0.717, 1.165) is 11.8 Å². The number of hydrogen-bond donors (Lipinski definition) is 3. The van der Waals surface area contributed by atoms with Crippen molar-refractivity contribution in [3.05, 3.63) is 11.8 Å². The maximum atomic E-state index is 11.3. The fourth-order valence-electron chi connectivity index (χ4n) is 1.58. The third kappa shape index (κ3) is 5.39. The van der Waals surface area contributed by atoms with Crippen molar-refractivity contribution < 1.29 is 8.42 Å². The molecule has 8 heteroatoms. The van der Waals surface area contributed by atoms with Gasteiger partial charge in [-0.25, -0.2) is 18.1 Å². The lowest BCUT2D eigenvalue weighted by Gasteiger charge is -2.26. The van der Waals surface area contributed by atoms with E-state index < -0.39 is 15.6 Å². The largest absolute Gasteiger partial charge is 0.368 e. The van der Waals surface area contributed by atoms with Gasteiger partial charge >= 0.3 is 0 Å². The summed E-state index contributed by atoms with van der Waals surface area (Å²) in [5.74, 6) is 1.20. The lowest BCUT2D eigenvalue weighted by molar-refractivity contribution is 0.476. The van der Waals surface area contributed by atoms with Gasteiger partial charge in [0.1, 0.15) is 5.82 Å². The molecule has 0 aliphatic carbocycles. The SMILES string of the molecule is CNc1ncc(C)c(NCC(C)(C)NS(C)(=O)=O)n1. The Hall–Kier alpha value is -1.41. The summed E-state index contributed by atoms with van der Waals surface area (Å²) in [7, 11) is -1.50. The van der Waals surface area contributed by atoms with E-state index in [1.54, 1.807) is 27.1 Å². The van der Waals surface area contributed by atoms with Crippen molar-refractivity contribution in [3.63, 3.8) is 0 Å². The summed E-state index contributed by atoms with van der Waals surface area (Å²) in [6.07, 6.45) is 2.85. The average Bonchev–Trinajstić information content (AvgIpc) is 2.25. The fraction of sp³-hybridized carbons (Fsp3) is 0.636. The molecule has 1 rings (SSSR count). The van der Waals surface area contributed by atoms with Crippen molar-refractivity contribution in [1.82, 2.24) is 14.7 Å². The third-order valence-corrected chi connectivity index (χ3v) is 3.28. The summed E-state index contributed by atoms with van der Waals surface area (Å²) in [4.78, 5) is 8.37. The monoisotopic (exact) mass is 287 g/mol. The van der Waals surface area contributed by atoms with Crippen LogP contribution in [0.4, 0.5) is 11.8 Å². The van der Waals surface area contributed by atoms with Gasteiger partial charge < -0.3 is 10.6 Å². The summed E-state index contributed by atoms with van der Waals surface area (Å²) in [5.41, 5.74) is 0.291. The van der Waals surface area contributed by atoms with Crippen molar-refractivity contribution in [2.24, 2.45) is 0 Å². The number of nitrogens with one attached hydrogen (secondary N) is 3. The topological polar surface area (TPSA) is 96.0 Å². The Labute approximate surface area is 114 Å². The lowest BCUT2D eigenvalue weighted by atomic mass is 10.1. The second kappa shape index (κ2) is 5.70. The molecule has 1 heterocycles. The maximum Gasteiger partial charge on any atom is 0.224 e. The van der Waals surface area contributed by atoms with Gasteiger partial charge in [-0.15, -0.1) is 0 Å². The van der Waals surface area contributed by atoms with Crippen molar-refractivity contribution in [2.75, 3.05) is 30.5 Å². The van der Waals surface area contributed by atoms with Crippen LogP contribution in [0.1, 0.15) is 19.4 Å². The zero-order valence-electron chi connectivity index (χ0n) is 11.9. The van der Waals surface area contributed by atoms with E-state index in [0.29, 0.717) is 18.3 Å². The predicted octanol–water partition coefficient (Wildman–Crippen LogP) is 0.566. The third-order valence-electron chi connectivity index (χ3n) is 2.35. The Balaban J connectivity index is 2.76. The van der Waals surface area contributed by atoms with Crippen LogP contribution in [0, 0.1) is 6.92 Å². The van der Waals surface area contributed by atoms with Crippen LogP contribution in [0.3, 0.4) is 0 Å². The molecule has 0 amide bonds. The first-order chi connectivity index (χ1) is 8.63. The van der Waals surface area contributed by atoms with Gasteiger partial charge in [0.25, 0.3) is 0 Å². The highest BCUT2D eigenvalue weighted by Gasteiger charge is 2.22. The highest BCUT2D eigenvalue weighted by Crippen LogP contribution is 2.14. The first-order valence-corrected chi connectivity index (χ1v) is 7.76. The van der Waals surface area contributed by atoms with Crippen LogP contribution in [-0.2, 0) is 10.0 Å². The zero-order chi connectivity index (χ0) is 14.7. The number of nitrogens with zero attached hydrogens (tertiary/aromatic N) is 2. The van der Waals surface area contributed by atoms with Crippen molar-refractivity contribution in [1.29, 1.82) is 0 Å². The number of sulfonamides is 1. The standard InChI is InChI=1S/C11H21N5O2S/c1-8-6-13-10(12-4)15-9(8)14-7-11(2,3)16-19(5,17)18/h6,16H,7H2,1-5H3,(H2,12,13,14,15). The quantitative estimate of drug-likeness (QED) is 0.708. The summed E-state index contributed by atoms with van der Waals surface area (Å²) in [6.45, 7) is 5.91. The van der Waals surface area contributed by atoms with Gasteiger partial charge in [0.05, 0.1) is 6.26 Å². The molecule has 7 nitrogen and oxygen atoms in total. The Bertz CT molecular complexity index is 542. The zero-order valence-corrected chi connectivity index (χ0v) is 12.7. The molecule has 0 atom stereocenters. The average molecular weight is 287 g/mol. The van der Waals surface area contributed by atoms with E-state index in [-0.39, 0.29) is 0 Å². The summed E-state index contributed by atoms with van der Waals surface area (Å²) in [6, 6.07) is 0. The molecule has 0 saturated heterocycles. The minimum absolute atomic E-state index is 0.418. The molecule has 0 aromatic carbocycles. The van der Waals surface area contributed by atoms with Crippen LogP contribution in [0.15, 0.2) is 6.20 Å². The highest BCUT2D eigenvalue weighted by molar-refractivity contribution is 7.88. The molecule has 1 aromatic heterocycles. The molecule has 0 spiro atoms. The lowest BCUT2D eigenvalue weighted by Crippen LogP contribution is -2.47. The van der Waals surface area contributed by atoms with E-state index >= 15 is 0 Å². The molecule has 1 aromatic rings. The van der Waals surface area contributed by atoms with Crippen LogP contribution in [0.5, 0.6) is 0 Å². The van der Waals surface area contributed by atoms with E-state index in [2.05, 4.69) is 25.3 Å². The Morgan fingerprint density at radius 3 is 2.53 bits per heavy atom. The molecule has 3 N–H and O–H groups in total. The van der Waals surface area contributed by atoms with Gasteiger partial charge in [-0.2, -0.15) is 4.98 Å². The molecule has 0 radical (unpaired) electrons. The van der Waals surface area contributed by atoms with Gasteiger partial charge in [0, 0.05) is 30.9 Å². The Kier molecular flexibility index (Phi) is 4.70. The van der Waals surface area contributed by atoms with Crippen LogP contribution in [-0.4, -0.2) is 43.8 Å². The van der Waals surface area contributed by atoms with E-state index in [1.165, 1.54) is 0 Å². The van der Waals surface area contributed by atoms with Gasteiger partial charge in [-0.05, 0) is 20.8 Å². The number of rotatable bonds is 6. The van der Waals surface area contributed by atoms with E-state index in [1.807, 2.05) is 6.92 Å². The molecule has 108 valence electrons. The molecule has 0 aliphatic heterocycles.